The number of aliphatic hydroxyl groups excluding tert-OH is 1. The van der Waals surface area contributed by atoms with E-state index in [1.165, 1.54) is 0 Å². The minimum atomic E-state index is -0.944. The maximum Gasteiger partial charge on any atom is 0.308 e. The highest BCUT2D eigenvalue weighted by Crippen LogP contribution is 2.50. The molecule has 6 fully saturated rings. The highest BCUT2D eigenvalue weighted by atomic mass is 16.7. The van der Waals surface area contributed by atoms with Crippen LogP contribution in [0.1, 0.15) is 66.2 Å². The minimum absolute atomic E-state index is 0.135. The third-order valence-corrected chi connectivity index (χ3v) is 10.1. The molecule has 38 heavy (non-hydrogen) atoms. The average Bonchev–Trinajstić information content (AvgIpc) is 3.31. The Morgan fingerprint density at radius 2 is 1.55 bits per heavy atom. The molecule has 0 bridgehead atoms. The summed E-state index contributed by atoms with van der Waals surface area (Å²) < 4.78 is 44.7. The number of rotatable bonds is 2. The van der Waals surface area contributed by atoms with Gasteiger partial charge in [-0.1, -0.05) is 27.7 Å². The van der Waals surface area contributed by atoms with Gasteiger partial charge in [0.25, 0.3) is 0 Å². The van der Waals surface area contributed by atoms with Gasteiger partial charge in [0.05, 0.1) is 62.4 Å². The van der Waals surface area contributed by atoms with Crippen molar-refractivity contribution in [1.82, 2.24) is 0 Å². The van der Waals surface area contributed by atoms with Gasteiger partial charge in [-0.2, -0.15) is 0 Å². The second-order valence-corrected chi connectivity index (χ2v) is 12.7. The van der Waals surface area contributed by atoms with E-state index in [1.54, 1.807) is 0 Å². The molecule has 0 aromatic carbocycles. The molecular formula is C28H44O10. The summed E-state index contributed by atoms with van der Waals surface area (Å²) in [4.78, 5) is 11.2. The van der Waals surface area contributed by atoms with E-state index in [2.05, 4.69) is 20.8 Å². The summed E-state index contributed by atoms with van der Waals surface area (Å²) in [7, 11) is 0. The number of fused-ring (bicyclic) bond motifs is 4. The summed E-state index contributed by atoms with van der Waals surface area (Å²) in [5.74, 6) is -1.21. The van der Waals surface area contributed by atoms with Crippen molar-refractivity contribution in [2.24, 2.45) is 23.7 Å². The Balaban J connectivity index is 1.21. The zero-order valence-corrected chi connectivity index (χ0v) is 22.9. The maximum absolute atomic E-state index is 11.6. The number of carboxylic acids is 1. The van der Waals surface area contributed by atoms with E-state index >= 15 is 0 Å². The van der Waals surface area contributed by atoms with E-state index in [0.29, 0.717) is 13.0 Å². The van der Waals surface area contributed by atoms with Crippen molar-refractivity contribution in [2.45, 2.75) is 133 Å². The normalized spacial score (nSPS) is 55.0. The number of carbonyl (C=O) groups is 1. The second kappa shape index (κ2) is 10.5. The SMILES string of the molecule is C[C@@H]1C[C@@H]2O[C@@H]3[C@@H](C)[C@H](O)[C@@H]4O[C@]5(CCCO5)[C@@H](C)[C@H](C)[C@H]4O[C@H]3C[C@H]2O[C@H]2COC(CC(=O)O)O[C@@H]2C1. The number of hydrogen-bond acceptors (Lipinski definition) is 9. The predicted octanol–water partition coefficient (Wildman–Crippen LogP) is 2.49. The molecule has 10 heteroatoms. The first-order valence-corrected chi connectivity index (χ1v) is 14.6. The highest BCUT2D eigenvalue weighted by molar-refractivity contribution is 5.67. The molecule has 6 saturated heterocycles. The van der Waals surface area contributed by atoms with Gasteiger partial charge in [-0.3, -0.25) is 4.79 Å². The summed E-state index contributed by atoms with van der Waals surface area (Å²) in [6.07, 6.45) is 0.177. The van der Waals surface area contributed by atoms with Gasteiger partial charge < -0.3 is 43.4 Å². The lowest BCUT2D eigenvalue weighted by Gasteiger charge is -2.51. The number of carboxylic acid groups (broad SMARTS) is 1. The van der Waals surface area contributed by atoms with Crippen molar-refractivity contribution >= 4 is 5.97 Å². The Kier molecular flexibility index (Phi) is 7.57. The average molecular weight is 541 g/mol. The van der Waals surface area contributed by atoms with E-state index in [4.69, 9.17) is 38.3 Å². The Morgan fingerprint density at radius 3 is 2.26 bits per heavy atom. The minimum Gasteiger partial charge on any atom is -0.481 e. The molecule has 0 aromatic rings. The fourth-order valence-electron chi connectivity index (χ4n) is 7.80. The molecule has 1 spiro atoms. The quantitative estimate of drug-likeness (QED) is 0.540. The van der Waals surface area contributed by atoms with Crippen LogP contribution in [0.25, 0.3) is 0 Å². The van der Waals surface area contributed by atoms with Crippen molar-refractivity contribution in [2.75, 3.05) is 13.2 Å². The summed E-state index contributed by atoms with van der Waals surface area (Å²) >= 11 is 0. The van der Waals surface area contributed by atoms with Gasteiger partial charge in [-0.05, 0) is 31.1 Å². The van der Waals surface area contributed by atoms with Gasteiger partial charge in [0.2, 0.25) is 0 Å². The van der Waals surface area contributed by atoms with E-state index in [9.17, 15) is 9.90 Å². The van der Waals surface area contributed by atoms with Crippen LogP contribution in [0.15, 0.2) is 0 Å². The monoisotopic (exact) mass is 540 g/mol. The Bertz CT molecular complexity index is 863. The first-order chi connectivity index (χ1) is 18.1. The maximum atomic E-state index is 11.6. The van der Waals surface area contributed by atoms with Crippen molar-refractivity contribution < 1.29 is 48.2 Å². The van der Waals surface area contributed by atoms with Gasteiger partial charge in [0.1, 0.15) is 12.2 Å². The topological polar surface area (TPSA) is 122 Å². The Labute approximate surface area is 224 Å². The molecule has 216 valence electrons. The molecule has 6 rings (SSSR count). The number of aliphatic hydroxyl groups is 1. The van der Waals surface area contributed by atoms with Gasteiger partial charge in [-0.15, -0.1) is 0 Å². The van der Waals surface area contributed by atoms with Crippen molar-refractivity contribution in [3.05, 3.63) is 0 Å². The molecule has 1 unspecified atom stereocenters. The number of aliphatic carboxylic acids is 1. The third-order valence-electron chi connectivity index (χ3n) is 10.1. The number of hydrogen-bond donors (Lipinski definition) is 2. The zero-order chi connectivity index (χ0) is 26.8. The van der Waals surface area contributed by atoms with E-state index < -0.39 is 30.3 Å². The largest absolute Gasteiger partial charge is 0.481 e. The summed E-state index contributed by atoms with van der Waals surface area (Å²) in [6.45, 7) is 9.53. The van der Waals surface area contributed by atoms with Crippen LogP contribution in [0.2, 0.25) is 0 Å². The van der Waals surface area contributed by atoms with Crippen molar-refractivity contribution in [1.29, 1.82) is 0 Å². The molecular weight excluding hydrogens is 496 g/mol. The second-order valence-electron chi connectivity index (χ2n) is 12.7. The molecule has 10 nitrogen and oxygen atoms in total. The fraction of sp³-hybridized carbons (Fsp3) is 0.964. The van der Waals surface area contributed by atoms with E-state index in [1.807, 2.05) is 6.92 Å². The van der Waals surface area contributed by atoms with Crippen LogP contribution in [-0.4, -0.2) is 96.4 Å². The first-order valence-electron chi connectivity index (χ1n) is 14.6. The smallest absolute Gasteiger partial charge is 0.308 e. The van der Waals surface area contributed by atoms with E-state index in [0.717, 1.165) is 25.7 Å². The lowest BCUT2D eigenvalue weighted by molar-refractivity contribution is -0.339. The van der Waals surface area contributed by atoms with Gasteiger partial charge in [0, 0.05) is 24.7 Å². The molecule has 0 aliphatic carbocycles. The molecule has 15 atom stereocenters. The summed E-state index contributed by atoms with van der Waals surface area (Å²) in [5.41, 5.74) is 0. The van der Waals surface area contributed by atoms with Crippen LogP contribution in [0.3, 0.4) is 0 Å². The molecule has 6 aliphatic rings. The lowest BCUT2D eigenvalue weighted by Crippen LogP contribution is -2.60. The standard InChI is InChI=1S/C28H44O10/c1-13-8-17-19(34-21-12-32-23(11-22(29)30)35-18(21)9-13)10-20-25(36-17)15(3)24(31)27-26(37-20)14(2)16(4)28(38-27)6-5-7-33-28/h13-21,23-27,31H,5-12H2,1-4H3,(H,29,30)/t13-,14+,15+,16+,17+,18-,19-,20+,21+,23?,24+,25-,26-,27+,28-/m1/s1. The van der Waals surface area contributed by atoms with Gasteiger partial charge in [-0.25, -0.2) is 0 Å². The molecule has 6 heterocycles. The Hall–Kier alpha value is -0.850. The van der Waals surface area contributed by atoms with E-state index in [-0.39, 0.29) is 79.4 Å². The molecule has 0 radical (unpaired) electrons. The van der Waals surface area contributed by atoms with Crippen LogP contribution in [0.4, 0.5) is 0 Å². The van der Waals surface area contributed by atoms with Crippen LogP contribution in [0, 0.1) is 23.7 Å². The molecule has 2 N–H and O–H groups in total. The number of ether oxygens (including phenoxy) is 7. The molecule has 0 aromatic heterocycles. The highest BCUT2D eigenvalue weighted by Gasteiger charge is 2.60. The molecule has 6 aliphatic heterocycles. The summed E-state index contributed by atoms with van der Waals surface area (Å²) in [6, 6.07) is 0. The van der Waals surface area contributed by atoms with Crippen LogP contribution >= 0.6 is 0 Å². The predicted molar refractivity (Wildman–Crippen MR) is 132 cm³/mol. The van der Waals surface area contributed by atoms with Crippen LogP contribution in [-0.2, 0) is 38.0 Å². The molecule has 0 amide bonds. The zero-order valence-electron chi connectivity index (χ0n) is 22.9. The van der Waals surface area contributed by atoms with Crippen LogP contribution < -0.4 is 0 Å². The Morgan fingerprint density at radius 1 is 0.842 bits per heavy atom. The molecule has 0 saturated carbocycles. The van der Waals surface area contributed by atoms with Crippen LogP contribution in [0.5, 0.6) is 0 Å². The first kappa shape index (κ1) is 27.3. The van der Waals surface area contributed by atoms with Crippen molar-refractivity contribution in [3.63, 3.8) is 0 Å². The summed E-state index contributed by atoms with van der Waals surface area (Å²) in [5, 5.41) is 20.7. The van der Waals surface area contributed by atoms with Gasteiger partial charge in [0.15, 0.2) is 12.1 Å². The third kappa shape index (κ3) is 4.83. The van der Waals surface area contributed by atoms with Gasteiger partial charge >= 0.3 is 5.97 Å². The fourth-order valence-corrected chi connectivity index (χ4v) is 7.80. The lowest BCUT2D eigenvalue weighted by atomic mass is 9.76. The van der Waals surface area contributed by atoms with Crippen molar-refractivity contribution in [3.8, 4) is 0 Å².